The zero-order valence-electron chi connectivity index (χ0n) is 12.8. The van der Waals surface area contributed by atoms with Gasteiger partial charge in [0, 0.05) is 32.2 Å². The zero-order valence-corrected chi connectivity index (χ0v) is 12.8. The van der Waals surface area contributed by atoms with Gasteiger partial charge >= 0.3 is 0 Å². The van der Waals surface area contributed by atoms with Gasteiger partial charge < -0.3 is 10.1 Å². The van der Waals surface area contributed by atoms with E-state index in [9.17, 15) is 0 Å². The Balaban J connectivity index is 2.10. The topological polar surface area (TPSA) is 47.0 Å². The lowest BCUT2D eigenvalue weighted by Gasteiger charge is -2.29. The summed E-state index contributed by atoms with van der Waals surface area (Å²) in [6, 6.07) is 0. The molecule has 1 fully saturated rings. The van der Waals surface area contributed by atoms with Crippen LogP contribution in [-0.2, 0) is 23.3 Å². The predicted molar refractivity (Wildman–Crippen MR) is 78.7 cm³/mol. The molecule has 4 heteroatoms. The van der Waals surface area contributed by atoms with Crippen LogP contribution < -0.4 is 5.32 Å². The largest absolute Gasteiger partial charge is 0.370 e. The van der Waals surface area contributed by atoms with E-state index in [1.807, 2.05) is 7.11 Å². The fraction of sp³-hybridized carbons (Fsp3) is 0.750. The minimum atomic E-state index is -0.233. The van der Waals surface area contributed by atoms with E-state index in [1.54, 1.807) is 0 Å². The molecule has 3 rings (SSSR count). The standard InChI is InChI=1S/C16H25N3O/c1-11(2)14-12-10-17-9-6-13(12)18-15(19-14)16(20-3)7-4-5-8-16/h11,17H,4-10H2,1-3H3. The van der Waals surface area contributed by atoms with E-state index in [1.165, 1.54) is 29.8 Å². The number of nitrogens with zero attached hydrogens (tertiary/aromatic N) is 2. The Morgan fingerprint density at radius 2 is 1.95 bits per heavy atom. The molecule has 4 nitrogen and oxygen atoms in total. The summed E-state index contributed by atoms with van der Waals surface area (Å²) in [4.78, 5) is 9.84. The second kappa shape index (κ2) is 5.41. The maximum atomic E-state index is 5.87. The van der Waals surface area contributed by atoms with Crippen molar-refractivity contribution < 1.29 is 4.74 Å². The van der Waals surface area contributed by atoms with E-state index in [0.717, 1.165) is 38.2 Å². The van der Waals surface area contributed by atoms with Crippen LogP contribution in [0.4, 0.5) is 0 Å². The van der Waals surface area contributed by atoms with Gasteiger partial charge in [-0.1, -0.05) is 13.8 Å². The van der Waals surface area contributed by atoms with Crippen LogP contribution in [-0.4, -0.2) is 23.6 Å². The summed E-state index contributed by atoms with van der Waals surface area (Å²) < 4.78 is 5.87. The minimum absolute atomic E-state index is 0.233. The molecule has 0 saturated heterocycles. The van der Waals surface area contributed by atoms with Gasteiger partial charge in [0.05, 0.1) is 11.4 Å². The average molecular weight is 275 g/mol. The van der Waals surface area contributed by atoms with Gasteiger partial charge in [-0.3, -0.25) is 0 Å². The van der Waals surface area contributed by atoms with Crippen LogP contribution in [0.3, 0.4) is 0 Å². The fourth-order valence-electron chi connectivity index (χ4n) is 3.52. The normalized spacial score (nSPS) is 21.2. The van der Waals surface area contributed by atoms with E-state index in [-0.39, 0.29) is 5.60 Å². The van der Waals surface area contributed by atoms with Gasteiger partial charge in [0.2, 0.25) is 0 Å². The molecule has 0 aromatic carbocycles. The van der Waals surface area contributed by atoms with Gasteiger partial charge in [-0.15, -0.1) is 0 Å². The first-order valence-corrected chi connectivity index (χ1v) is 7.82. The molecule has 1 N–H and O–H groups in total. The monoisotopic (exact) mass is 275 g/mol. The highest BCUT2D eigenvalue weighted by molar-refractivity contribution is 5.31. The SMILES string of the molecule is COC1(c2nc3c(c(C(C)C)n2)CNCC3)CCCC1. The van der Waals surface area contributed by atoms with Crippen LogP contribution in [0.25, 0.3) is 0 Å². The molecular formula is C16H25N3O. The molecule has 0 bridgehead atoms. The van der Waals surface area contributed by atoms with E-state index in [2.05, 4.69) is 19.2 Å². The highest BCUT2D eigenvalue weighted by atomic mass is 16.5. The highest BCUT2D eigenvalue weighted by Crippen LogP contribution is 2.41. The van der Waals surface area contributed by atoms with E-state index < -0.39 is 0 Å². The van der Waals surface area contributed by atoms with E-state index >= 15 is 0 Å². The first-order chi connectivity index (χ1) is 9.66. The second-order valence-electron chi connectivity index (χ2n) is 6.34. The maximum Gasteiger partial charge on any atom is 0.160 e. The third kappa shape index (κ3) is 2.25. The van der Waals surface area contributed by atoms with Gasteiger partial charge in [-0.2, -0.15) is 0 Å². The minimum Gasteiger partial charge on any atom is -0.370 e. The molecule has 2 heterocycles. The molecule has 1 aromatic rings. The molecule has 20 heavy (non-hydrogen) atoms. The van der Waals surface area contributed by atoms with Crippen molar-refractivity contribution in [1.29, 1.82) is 0 Å². The second-order valence-corrected chi connectivity index (χ2v) is 6.34. The van der Waals surface area contributed by atoms with Crippen molar-refractivity contribution in [2.75, 3.05) is 13.7 Å². The Labute approximate surface area is 121 Å². The highest BCUT2D eigenvalue weighted by Gasteiger charge is 2.39. The zero-order chi connectivity index (χ0) is 14.2. The number of aromatic nitrogens is 2. The molecule has 0 atom stereocenters. The van der Waals surface area contributed by atoms with Gasteiger partial charge in [0.15, 0.2) is 5.82 Å². The van der Waals surface area contributed by atoms with Crippen molar-refractivity contribution >= 4 is 0 Å². The predicted octanol–water partition coefficient (Wildman–Crippen LogP) is 2.66. The summed E-state index contributed by atoms with van der Waals surface area (Å²) in [6.45, 7) is 6.36. The van der Waals surface area contributed by atoms with Gasteiger partial charge in [0.25, 0.3) is 0 Å². The van der Waals surface area contributed by atoms with Crippen LogP contribution >= 0.6 is 0 Å². The molecule has 2 aliphatic rings. The number of hydrogen-bond donors (Lipinski definition) is 1. The van der Waals surface area contributed by atoms with Crippen LogP contribution in [0.2, 0.25) is 0 Å². The molecule has 1 aliphatic heterocycles. The molecule has 0 radical (unpaired) electrons. The van der Waals surface area contributed by atoms with Crippen LogP contribution in [0.15, 0.2) is 0 Å². The van der Waals surface area contributed by atoms with Crippen molar-refractivity contribution in [3.8, 4) is 0 Å². The Bertz CT molecular complexity index is 493. The molecule has 0 spiro atoms. The van der Waals surface area contributed by atoms with Gasteiger partial charge in [0.1, 0.15) is 5.60 Å². The van der Waals surface area contributed by atoms with Gasteiger partial charge in [-0.25, -0.2) is 9.97 Å². The Morgan fingerprint density at radius 3 is 2.60 bits per heavy atom. The number of ether oxygens (including phenoxy) is 1. The van der Waals surface area contributed by atoms with Crippen molar-refractivity contribution in [2.24, 2.45) is 0 Å². The van der Waals surface area contributed by atoms with Gasteiger partial charge in [-0.05, 0) is 31.6 Å². The van der Waals surface area contributed by atoms with Crippen molar-refractivity contribution in [3.05, 3.63) is 22.8 Å². The van der Waals surface area contributed by atoms with Crippen LogP contribution in [0.1, 0.15) is 68.2 Å². The smallest absolute Gasteiger partial charge is 0.160 e. The van der Waals surface area contributed by atoms with Crippen LogP contribution in [0.5, 0.6) is 0 Å². The summed E-state index contributed by atoms with van der Waals surface area (Å²) in [5.74, 6) is 1.36. The van der Waals surface area contributed by atoms with Crippen molar-refractivity contribution in [1.82, 2.24) is 15.3 Å². The number of methoxy groups -OCH3 is 1. The third-order valence-electron chi connectivity index (χ3n) is 4.72. The quantitative estimate of drug-likeness (QED) is 0.921. The number of rotatable bonds is 3. The summed E-state index contributed by atoms with van der Waals surface area (Å²) in [5.41, 5.74) is 3.53. The van der Waals surface area contributed by atoms with Crippen LogP contribution in [0, 0.1) is 0 Å². The third-order valence-corrected chi connectivity index (χ3v) is 4.72. The first kappa shape index (κ1) is 14.0. The molecule has 0 unspecified atom stereocenters. The number of fused-ring (bicyclic) bond motifs is 1. The lowest BCUT2D eigenvalue weighted by molar-refractivity contribution is -0.0167. The summed E-state index contributed by atoms with van der Waals surface area (Å²) in [7, 11) is 1.81. The molecular weight excluding hydrogens is 250 g/mol. The maximum absolute atomic E-state index is 5.87. The Hall–Kier alpha value is -1.00. The number of nitrogens with one attached hydrogen (secondary N) is 1. The Kier molecular flexibility index (Phi) is 3.78. The molecule has 1 aromatic heterocycles. The Morgan fingerprint density at radius 1 is 1.20 bits per heavy atom. The molecule has 1 aliphatic carbocycles. The van der Waals surface area contributed by atoms with E-state index in [4.69, 9.17) is 14.7 Å². The molecule has 110 valence electrons. The van der Waals surface area contributed by atoms with E-state index in [0.29, 0.717) is 5.92 Å². The first-order valence-electron chi connectivity index (χ1n) is 7.82. The van der Waals surface area contributed by atoms with Crippen molar-refractivity contribution in [2.45, 2.75) is 64.0 Å². The molecule has 0 amide bonds. The summed E-state index contributed by atoms with van der Waals surface area (Å²) >= 11 is 0. The molecule has 1 saturated carbocycles. The fourth-order valence-corrected chi connectivity index (χ4v) is 3.52. The lowest BCUT2D eigenvalue weighted by Crippen LogP contribution is -2.32. The number of hydrogen-bond acceptors (Lipinski definition) is 4. The van der Waals surface area contributed by atoms with Crippen molar-refractivity contribution in [3.63, 3.8) is 0 Å². The summed E-state index contributed by atoms with van der Waals surface area (Å²) in [5, 5.41) is 3.44. The average Bonchev–Trinajstić information content (AvgIpc) is 2.96. The summed E-state index contributed by atoms with van der Waals surface area (Å²) in [6.07, 6.45) is 5.54. The lowest BCUT2D eigenvalue weighted by atomic mass is 9.95.